The van der Waals surface area contributed by atoms with Crippen LogP contribution < -0.4 is 4.90 Å². The quantitative estimate of drug-likeness (QED) is 0.743. The smallest absolute Gasteiger partial charge is 0.274 e. The number of hydrogen-bond donors (Lipinski definition) is 0. The number of benzene rings is 1. The highest BCUT2D eigenvalue weighted by molar-refractivity contribution is 9.10. The van der Waals surface area contributed by atoms with Crippen molar-refractivity contribution in [3.05, 3.63) is 28.7 Å². The Kier molecular flexibility index (Phi) is 4.82. The summed E-state index contributed by atoms with van der Waals surface area (Å²) in [6.07, 6.45) is 0. The first-order valence-corrected chi connectivity index (χ1v) is 10.4. The minimum Gasteiger partial charge on any atom is -0.375 e. The first kappa shape index (κ1) is 16.9. The highest BCUT2D eigenvalue weighted by Crippen LogP contribution is 2.41. The molecule has 6 nitrogen and oxygen atoms in total. The zero-order chi connectivity index (χ0) is 16.6. The van der Waals surface area contributed by atoms with Crippen molar-refractivity contribution in [2.45, 2.75) is 11.3 Å². The maximum Gasteiger partial charge on any atom is 0.274 e. The Balaban J connectivity index is 1.97. The van der Waals surface area contributed by atoms with Crippen molar-refractivity contribution in [2.75, 3.05) is 30.1 Å². The Labute approximate surface area is 147 Å². The van der Waals surface area contributed by atoms with Crippen molar-refractivity contribution in [1.29, 1.82) is 0 Å². The van der Waals surface area contributed by atoms with Crippen LogP contribution in [0.25, 0.3) is 0 Å². The molecule has 0 spiro atoms. The number of amides is 1. The van der Waals surface area contributed by atoms with E-state index in [4.69, 9.17) is 4.74 Å². The van der Waals surface area contributed by atoms with Crippen molar-refractivity contribution in [1.82, 2.24) is 0 Å². The zero-order valence-electron chi connectivity index (χ0n) is 12.3. The minimum atomic E-state index is -3.05. The van der Waals surface area contributed by atoms with Crippen LogP contribution in [-0.2, 0) is 19.4 Å². The zero-order valence-corrected chi connectivity index (χ0v) is 15.5. The van der Waals surface area contributed by atoms with E-state index in [1.807, 2.05) is 29.2 Å². The number of halogens is 1. The Hall–Kier alpha value is -0.900. The lowest BCUT2D eigenvalue weighted by atomic mass is 10.2. The molecule has 1 amide bonds. The molecule has 0 radical (unpaired) electrons. The van der Waals surface area contributed by atoms with Gasteiger partial charge in [-0.15, -0.1) is 0 Å². The van der Waals surface area contributed by atoms with E-state index < -0.39 is 9.84 Å². The van der Waals surface area contributed by atoms with E-state index in [0.29, 0.717) is 5.17 Å². The number of hydrogen-bond acceptors (Lipinski definition) is 5. The van der Waals surface area contributed by atoms with Crippen LogP contribution in [0.5, 0.6) is 0 Å². The average Bonchev–Trinajstić information content (AvgIpc) is 2.91. The fraction of sp³-hybridized carbons (Fsp3) is 0.429. The molecule has 2 aliphatic heterocycles. The van der Waals surface area contributed by atoms with E-state index in [-0.39, 0.29) is 35.3 Å². The second kappa shape index (κ2) is 6.54. The van der Waals surface area contributed by atoms with Gasteiger partial charge in [0, 0.05) is 22.5 Å². The lowest BCUT2D eigenvalue weighted by Crippen LogP contribution is -2.37. The number of aliphatic imine (C=N–C) groups is 1. The van der Waals surface area contributed by atoms with Gasteiger partial charge in [0.25, 0.3) is 5.91 Å². The van der Waals surface area contributed by atoms with E-state index in [0.717, 1.165) is 10.2 Å². The number of carbonyl (C=O) groups excluding carboxylic acids is 1. The van der Waals surface area contributed by atoms with Gasteiger partial charge >= 0.3 is 0 Å². The molecule has 124 valence electrons. The second-order valence-electron chi connectivity index (χ2n) is 5.37. The van der Waals surface area contributed by atoms with Crippen LogP contribution in [0.1, 0.15) is 0 Å². The molecule has 9 heteroatoms. The monoisotopic (exact) mass is 418 g/mol. The molecule has 2 aliphatic rings. The summed E-state index contributed by atoms with van der Waals surface area (Å²) >= 11 is 4.74. The Bertz CT molecular complexity index is 749. The molecule has 0 aromatic heterocycles. The molecule has 0 N–H and O–H groups in total. The SMILES string of the molecule is COCC(=O)N=C1S[C@@H]2CS(=O)(=O)C[C@@H]2N1c1ccc(Br)cc1. The lowest BCUT2D eigenvalue weighted by Gasteiger charge is -2.24. The van der Waals surface area contributed by atoms with Crippen LogP contribution in [0.3, 0.4) is 0 Å². The predicted octanol–water partition coefficient (Wildman–Crippen LogP) is 1.70. The molecule has 1 aromatic carbocycles. The van der Waals surface area contributed by atoms with E-state index in [1.54, 1.807) is 0 Å². The van der Waals surface area contributed by atoms with Gasteiger partial charge in [0.1, 0.15) is 6.61 Å². The van der Waals surface area contributed by atoms with Gasteiger partial charge in [-0.05, 0) is 24.3 Å². The molecule has 2 fully saturated rings. The fourth-order valence-corrected chi connectivity index (χ4v) is 6.93. The second-order valence-corrected chi connectivity index (χ2v) is 9.64. The van der Waals surface area contributed by atoms with Crippen LogP contribution in [0.2, 0.25) is 0 Å². The molecule has 3 rings (SSSR count). The fourth-order valence-electron chi connectivity index (χ4n) is 2.73. The van der Waals surface area contributed by atoms with Gasteiger partial charge in [-0.2, -0.15) is 4.99 Å². The summed E-state index contributed by atoms with van der Waals surface area (Å²) in [5, 5.41) is 0.442. The third kappa shape index (κ3) is 3.62. The first-order chi connectivity index (χ1) is 10.9. The highest BCUT2D eigenvalue weighted by atomic mass is 79.9. The Morgan fingerprint density at radius 2 is 2.09 bits per heavy atom. The third-order valence-electron chi connectivity index (χ3n) is 3.66. The molecule has 2 saturated heterocycles. The number of ether oxygens (including phenoxy) is 1. The lowest BCUT2D eigenvalue weighted by molar-refractivity contribution is -0.121. The summed E-state index contributed by atoms with van der Waals surface area (Å²) in [6, 6.07) is 7.33. The third-order valence-corrected chi connectivity index (χ3v) is 7.40. The van der Waals surface area contributed by atoms with Gasteiger partial charge in [-0.3, -0.25) is 4.79 Å². The number of fused-ring (bicyclic) bond motifs is 1. The van der Waals surface area contributed by atoms with Crippen LogP contribution in [0, 0.1) is 0 Å². The molecular weight excluding hydrogens is 404 g/mol. The van der Waals surface area contributed by atoms with Crippen molar-refractivity contribution in [3.63, 3.8) is 0 Å². The van der Waals surface area contributed by atoms with Gasteiger partial charge in [-0.1, -0.05) is 27.7 Å². The van der Waals surface area contributed by atoms with Crippen molar-refractivity contribution >= 4 is 54.3 Å². The maximum absolute atomic E-state index is 11.9. The average molecular weight is 419 g/mol. The normalized spacial score (nSPS) is 27.4. The number of anilines is 1. The number of nitrogens with zero attached hydrogens (tertiary/aromatic N) is 2. The molecule has 0 bridgehead atoms. The van der Waals surface area contributed by atoms with E-state index in [9.17, 15) is 13.2 Å². The van der Waals surface area contributed by atoms with Gasteiger partial charge in [0.2, 0.25) is 0 Å². The number of methoxy groups -OCH3 is 1. The van der Waals surface area contributed by atoms with Crippen LogP contribution in [0.4, 0.5) is 5.69 Å². The molecule has 0 aliphatic carbocycles. The number of rotatable bonds is 3. The van der Waals surface area contributed by atoms with Crippen molar-refractivity contribution < 1.29 is 17.9 Å². The molecule has 0 unspecified atom stereocenters. The molecular formula is C14H15BrN2O4S2. The summed E-state index contributed by atoms with van der Waals surface area (Å²) in [4.78, 5) is 17.8. The molecule has 1 aromatic rings. The van der Waals surface area contributed by atoms with Crippen LogP contribution in [-0.4, -0.2) is 56.0 Å². The van der Waals surface area contributed by atoms with Gasteiger partial charge in [0.05, 0.1) is 17.5 Å². The highest BCUT2D eigenvalue weighted by Gasteiger charge is 2.49. The van der Waals surface area contributed by atoms with Gasteiger partial charge in [0.15, 0.2) is 15.0 Å². The number of thioether (sulfide) groups is 1. The van der Waals surface area contributed by atoms with Gasteiger partial charge < -0.3 is 9.64 Å². The van der Waals surface area contributed by atoms with E-state index in [2.05, 4.69) is 20.9 Å². The van der Waals surface area contributed by atoms with Crippen LogP contribution >= 0.6 is 27.7 Å². The molecule has 2 heterocycles. The minimum absolute atomic E-state index is 0.0816. The first-order valence-electron chi connectivity index (χ1n) is 6.92. The maximum atomic E-state index is 11.9. The Morgan fingerprint density at radius 3 is 2.74 bits per heavy atom. The molecule has 23 heavy (non-hydrogen) atoms. The summed E-state index contributed by atoms with van der Waals surface area (Å²) in [7, 11) is -1.61. The summed E-state index contributed by atoms with van der Waals surface area (Å²) in [6.45, 7) is -0.0914. The number of amidine groups is 1. The van der Waals surface area contributed by atoms with E-state index in [1.165, 1.54) is 18.9 Å². The van der Waals surface area contributed by atoms with Crippen molar-refractivity contribution in [3.8, 4) is 0 Å². The summed E-state index contributed by atoms with van der Waals surface area (Å²) in [5.41, 5.74) is 0.828. The Morgan fingerprint density at radius 1 is 1.39 bits per heavy atom. The van der Waals surface area contributed by atoms with Crippen LogP contribution in [0.15, 0.2) is 33.7 Å². The molecule has 0 saturated carbocycles. The summed E-state index contributed by atoms with van der Waals surface area (Å²) < 4.78 is 29.6. The number of sulfone groups is 1. The van der Waals surface area contributed by atoms with E-state index >= 15 is 0 Å². The summed E-state index contributed by atoms with van der Waals surface area (Å²) in [5.74, 6) is -0.176. The van der Waals surface area contributed by atoms with Gasteiger partial charge in [-0.25, -0.2) is 8.42 Å². The van der Waals surface area contributed by atoms with Crippen molar-refractivity contribution in [2.24, 2.45) is 4.99 Å². The molecule has 2 atom stereocenters. The predicted molar refractivity (Wildman–Crippen MR) is 94.8 cm³/mol. The topological polar surface area (TPSA) is 76.0 Å². The standard InChI is InChI=1S/C14H15BrN2O4S2/c1-21-6-13(18)16-14-17(10-4-2-9(15)3-5-10)11-7-23(19,20)8-12(11)22-14/h2-5,11-12H,6-8H2,1H3/t11-,12+/m0/s1. The largest absolute Gasteiger partial charge is 0.375 e. The number of carbonyl (C=O) groups is 1.